The summed E-state index contributed by atoms with van der Waals surface area (Å²) in [6.45, 7) is 3.73. The van der Waals surface area contributed by atoms with E-state index < -0.39 is 0 Å². The molecule has 0 aliphatic heterocycles. The number of hydrogen-bond donors (Lipinski definition) is 3. The molecule has 0 saturated heterocycles. The molecule has 6 heteroatoms. The fraction of sp³-hybridized carbons (Fsp3) is 0.692. The van der Waals surface area contributed by atoms with E-state index in [0.29, 0.717) is 13.1 Å². The average molecular weight is 266 g/mol. The number of aromatic nitrogens is 2. The number of aliphatic hydroxyl groups is 1. The van der Waals surface area contributed by atoms with Gasteiger partial charge in [0.1, 0.15) is 0 Å². The van der Waals surface area contributed by atoms with Crippen molar-refractivity contribution < 1.29 is 9.90 Å². The molecule has 3 N–H and O–H groups in total. The van der Waals surface area contributed by atoms with Gasteiger partial charge in [-0.2, -0.15) is 5.10 Å². The lowest BCUT2D eigenvalue weighted by atomic mass is 9.93. The zero-order valence-electron chi connectivity index (χ0n) is 11.4. The van der Waals surface area contributed by atoms with Crippen LogP contribution in [0.2, 0.25) is 0 Å². The van der Waals surface area contributed by atoms with Crippen LogP contribution in [-0.2, 0) is 17.8 Å². The van der Waals surface area contributed by atoms with Crippen molar-refractivity contribution in [1.29, 1.82) is 0 Å². The predicted octanol–water partition coefficient (Wildman–Crippen LogP) is -0.0215. The Balaban J connectivity index is 2.03. The van der Waals surface area contributed by atoms with Crippen LogP contribution in [0.15, 0.2) is 6.20 Å². The lowest BCUT2D eigenvalue weighted by Gasteiger charge is -2.24. The Morgan fingerprint density at radius 2 is 2.47 bits per heavy atom. The van der Waals surface area contributed by atoms with Gasteiger partial charge in [0.25, 0.3) is 0 Å². The summed E-state index contributed by atoms with van der Waals surface area (Å²) in [7, 11) is 0. The number of likely N-dealkylation sites (N-methyl/N-ethyl adjacent to an activating group) is 1. The molecule has 2 rings (SSSR count). The maximum atomic E-state index is 11.8. The Morgan fingerprint density at radius 3 is 3.21 bits per heavy atom. The lowest BCUT2D eigenvalue weighted by Crippen LogP contribution is -2.37. The van der Waals surface area contributed by atoms with Gasteiger partial charge in [0.05, 0.1) is 31.9 Å². The number of carbonyl (C=O) groups is 1. The minimum atomic E-state index is 0.0228. The Bertz CT molecular complexity index is 430. The van der Waals surface area contributed by atoms with Crippen LogP contribution in [0.4, 0.5) is 0 Å². The van der Waals surface area contributed by atoms with Crippen LogP contribution in [0, 0.1) is 0 Å². The highest BCUT2D eigenvalue weighted by molar-refractivity contribution is 5.78. The van der Waals surface area contributed by atoms with Gasteiger partial charge in [-0.25, -0.2) is 0 Å². The first-order valence-corrected chi connectivity index (χ1v) is 6.91. The monoisotopic (exact) mass is 266 g/mol. The molecule has 0 bridgehead atoms. The second-order valence-electron chi connectivity index (χ2n) is 4.79. The van der Waals surface area contributed by atoms with Crippen molar-refractivity contribution >= 4 is 5.91 Å². The zero-order valence-corrected chi connectivity index (χ0v) is 11.4. The molecule has 0 fully saturated rings. The molecule has 1 atom stereocenters. The topological polar surface area (TPSA) is 79.2 Å². The molecule has 0 radical (unpaired) electrons. The Labute approximate surface area is 113 Å². The highest BCUT2D eigenvalue weighted by atomic mass is 16.3. The van der Waals surface area contributed by atoms with E-state index in [2.05, 4.69) is 15.7 Å². The first-order chi connectivity index (χ1) is 9.26. The molecular weight excluding hydrogens is 244 g/mol. The number of hydrogen-bond acceptors (Lipinski definition) is 4. The zero-order chi connectivity index (χ0) is 13.7. The summed E-state index contributed by atoms with van der Waals surface area (Å²) in [6, 6.07) is 0.0577. The molecule has 1 amide bonds. The van der Waals surface area contributed by atoms with Gasteiger partial charge < -0.3 is 15.7 Å². The fourth-order valence-corrected chi connectivity index (χ4v) is 2.54. The molecule has 0 saturated carbocycles. The third-order valence-corrected chi connectivity index (χ3v) is 3.45. The number of carbonyl (C=O) groups excluding carboxylic acids is 1. The SMILES string of the molecule is CCNCC(=O)NC1CCCc2c1cnn2CCO. The highest BCUT2D eigenvalue weighted by Crippen LogP contribution is 2.29. The maximum absolute atomic E-state index is 11.8. The van der Waals surface area contributed by atoms with Crippen LogP contribution >= 0.6 is 0 Å². The molecule has 1 aliphatic carbocycles. The largest absolute Gasteiger partial charge is 0.394 e. The Hall–Kier alpha value is -1.40. The number of nitrogens with one attached hydrogen (secondary N) is 2. The fourth-order valence-electron chi connectivity index (χ4n) is 2.54. The van der Waals surface area contributed by atoms with Crippen LogP contribution in [0.25, 0.3) is 0 Å². The quantitative estimate of drug-likeness (QED) is 0.676. The minimum Gasteiger partial charge on any atom is -0.394 e. The van der Waals surface area contributed by atoms with Gasteiger partial charge in [0.2, 0.25) is 5.91 Å². The van der Waals surface area contributed by atoms with Gasteiger partial charge in [-0.1, -0.05) is 6.92 Å². The molecule has 1 unspecified atom stereocenters. The van der Waals surface area contributed by atoms with Crippen LogP contribution in [0.1, 0.15) is 37.1 Å². The molecule has 6 nitrogen and oxygen atoms in total. The first-order valence-electron chi connectivity index (χ1n) is 6.91. The van der Waals surface area contributed by atoms with E-state index in [4.69, 9.17) is 5.11 Å². The third-order valence-electron chi connectivity index (χ3n) is 3.45. The minimum absolute atomic E-state index is 0.0228. The van der Waals surface area contributed by atoms with Crippen molar-refractivity contribution in [2.45, 2.75) is 38.8 Å². The van der Waals surface area contributed by atoms with Gasteiger partial charge in [-0.15, -0.1) is 0 Å². The first kappa shape index (κ1) is 14.0. The van der Waals surface area contributed by atoms with Gasteiger partial charge in [0.15, 0.2) is 0 Å². The van der Waals surface area contributed by atoms with Crippen molar-refractivity contribution in [3.63, 3.8) is 0 Å². The van der Waals surface area contributed by atoms with E-state index in [1.54, 1.807) is 0 Å². The van der Waals surface area contributed by atoms with Crippen molar-refractivity contribution in [2.24, 2.45) is 0 Å². The van der Waals surface area contributed by atoms with Crippen molar-refractivity contribution in [3.05, 3.63) is 17.5 Å². The lowest BCUT2D eigenvalue weighted by molar-refractivity contribution is -0.121. The smallest absolute Gasteiger partial charge is 0.234 e. The third kappa shape index (κ3) is 3.33. The summed E-state index contributed by atoms with van der Waals surface area (Å²) in [6.07, 6.45) is 4.78. The number of rotatable bonds is 6. The molecule has 0 spiro atoms. The second-order valence-corrected chi connectivity index (χ2v) is 4.79. The highest BCUT2D eigenvalue weighted by Gasteiger charge is 2.25. The van der Waals surface area contributed by atoms with Gasteiger partial charge in [0, 0.05) is 11.3 Å². The standard InChI is InChI=1S/C13H22N4O2/c1-2-14-9-13(19)16-11-4-3-5-12-10(11)8-15-17(12)6-7-18/h8,11,14,18H,2-7,9H2,1H3,(H,16,19). The van der Waals surface area contributed by atoms with Crippen LogP contribution in [0.5, 0.6) is 0 Å². The van der Waals surface area contributed by atoms with E-state index >= 15 is 0 Å². The summed E-state index contributed by atoms with van der Waals surface area (Å²) in [4.78, 5) is 11.8. The summed E-state index contributed by atoms with van der Waals surface area (Å²) >= 11 is 0. The van der Waals surface area contributed by atoms with Gasteiger partial charge in [-0.3, -0.25) is 9.48 Å². The predicted molar refractivity (Wildman–Crippen MR) is 71.7 cm³/mol. The van der Waals surface area contributed by atoms with Crippen LogP contribution in [-0.4, -0.2) is 40.5 Å². The summed E-state index contributed by atoms with van der Waals surface area (Å²) < 4.78 is 1.85. The second kappa shape index (κ2) is 6.68. The van der Waals surface area contributed by atoms with E-state index in [1.165, 1.54) is 0 Å². The normalized spacial score (nSPS) is 18.1. The van der Waals surface area contributed by atoms with Crippen molar-refractivity contribution in [2.75, 3.05) is 19.7 Å². The molecule has 1 aromatic heterocycles. The average Bonchev–Trinajstić information content (AvgIpc) is 2.81. The van der Waals surface area contributed by atoms with Gasteiger partial charge in [-0.05, 0) is 25.8 Å². The summed E-state index contributed by atoms with van der Waals surface area (Å²) in [5.41, 5.74) is 2.25. The van der Waals surface area contributed by atoms with Gasteiger partial charge >= 0.3 is 0 Å². The number of aliphatic hydroxyl groups excluding tert-OH is 1. The van der Waals surface area contributed by atoms with E-state index in [9.17, 15) is 4.79 Å². The van der Waals surface area contributed by atoms with Crippen molar-refractivity contribution in [1.82, 2.24) is 20.4 Å². The molecule has 19 heavy (non-hydrogen) atoms. The van der Waals surface area contributed by atoms with E-state index in [0.717, 1.165) is 37.1 Å². The van der Waals surface area contributed by atoms with Crippen LogP contribution < -0.4 is 10.6 Å². The molecule has 0 aromatic carbocycles. The number of fused-ring (bicyclic) bond motifs is 1. The molecular formula is C13H22N4O2. The Kier molecular flexibility index (Phi) is 4.93. The Morgan fingerprint density at radius 1 is 1.63 bits per heavy atom. The number of nitrogens with zero attached hydrogens (tertiary/aromatic N) is 2. The van der Waals surface area contributed by atoms with E-state index in [-0.39, 0.29) is 18.6 Å². The van der Waals surface area contributed by atoms with Crippen LogP contribution in [0.3, 0.4) is 0 Å². The molecule has 1 aliphatic rings. The summed E-state index contributed by atoms with van der Waals surface area (Å²) in [5, 5.41) is 19.4. The van der Waals surface area contributed by atoms with Crippen molar-refractivity contribution in [3.8, 4) is 0 Å². The molecule has 1 aromatic rings. The van der Waals surface area contributed by atoms with E-state index in [1.807, 2.05) is 17.8 Å². The maximum Gasteiger partial charge on any atom is 0.234 e. The molecule has 1 heterocycles. The summed E-state index contributed by atoms with van der Waals surface area (Å²) in [5.74, 6) is 0.0228. The molecule has 106 valence electrons. The number of amides is 1.